The van der Waals surface area contributed by atoms with Crippen LogP contribution in [0.2, 0.25) is 0 Å². The fraction of sp³-hybridized carbons (Fsp3) is 0.571. The van der Waals surface area contributed by atoms with Crippen molar-refractivity contribution in [2.24, 2.45) is 5.10 Å². The van der Waals surface area contributed by atoms with E-state index in [0.29, 0.717) is 12.3 Å². The molecule has 1 saturated carbocycles. The van der Waals surface area contributed by atoms with E-state index in [2.05, 4.69) is 15.8 Å². The Morgan fingerprint density at radius 1 is 1.42 bits per heavy atom. The number of amides is 1. The molecule has 19 heavy (non-hydrogen) atoms. The zero-order chi connectivity index (χ0) is 13.1. The van der Waals surface area contributed by atoms with Crippen molar-refractivity contribution in [2.75, 3.05) is 0 Å². The summed E-state index contributed by atoms with van der Waals surface area (Å²) in [5, 5.41) is 9.24. The highest BCUT2D eigenvalue weighted by Crippen LogP contribution is 2.34. The molecule has 5 heteroatoms. The molecule has 4 nitrogen and oxygen atoms in total. The van der Waals surface area contributed by atoms with Crippen LogP contribution >= 0.6 is 11.3 Å². The number of hydrazone groups is 1. The number of nitrogens with zero attached hydrogens (tertiary/aromatic N) is 1. The van der Waals surface area contributed by atoms with E-state index in [0.717, 1.165) is 19.3 Å². The molecule has 1 aliphatic carbocycles. The monoisotopic (exact) mass is 277 g/mol. The van der Waals surface area contributed by atoms with Crippen molar-refractivity contribution in [1.29, 1.82) is 0 Å². The number of carbonyl (C=O) groups is 1. The van der Waals surface area contributed by atoms with Gasteiger partial charge in [0.1, 0.15) is 5.71 Å². The number of hydrogen-bond donors (Lipinski definition) is 2. The van der Waals surface area contributed by atoms with E-state index in [4.69, 9.17) is 0 Å². The standard InChI is InChI=1S/C14H19N3OS/c18-13(15-10-11-5-4-8-19-11)12-9-14(17-16-12)6-2-1-3-7-14/h4-5,8,17H,1-3,6-7,9-10H2,(H,15,18). The molecular weight excluding hydrogens is 258 g/mol. The minimum atomic E-state index is -0.0247. The van der Waals surface area contributed by atoms with Crippen molar-refractivity contribution in [1.82, 2.24) is 10.7 Å². The van der Waals surface area contributed by atoms with E-state index >= 15 is 0 Å². The summed E-state index contributed by atoms with van der Waals surface area (Å²) >= 11 is 1.66. The highest BCUT2D eigenvalue weighted by Gasteiger charge is 2.38. The zero-order valence-corrected chi connectivity index (χ0v) is 11.8. The number of nitrogens with one attached hydrogen (secondary N) is 2. The predicted octanol–water partition coefficient (Wildman–Crippen LogP) is 2.42. The van der Waals surface area contributed by atoms with Crippen LogP contribution in [0.3, 0.4) is 0 Å². The summed E-state index contributed by atoms with van der Waals surface area (Å²) in [7, 11) is 0. The Morgan fingerprint density at radius 3 is 3.00 bits per heavy atom. The maximum Gasteiger partial charge on any atom is 0.267 e. The molecule has 0 bridgehead atoms. The largest absolute Gasteiger partial charge is 0.346 e. The lowest BCUT2D eigenvalue weighted by Crippen LogP contribution is -2.41. The van der Waals surface area contributed by atoms with E-state index < -0.39 is 0 Å². The Balaban J connectivity index is 1.53. The lowest BCUT2D eigenvalue weighted by Gasteiger charge is -2.32. The maximum atomic E-state index is 12.1. The maximum absolute atomic E-state index is 12.1. The van der Waals surface area contributed by atoms with Gasteiger partial charge in [0.25, 0.3) is 5.91 Å². The first-order chi connectivity index (χ1) is 9.27. The van der Waals surface area contributed by atoms with Gasteiger partial charge in [-0.3, -0.25) is 4.79 Å². The van der Waals surface area contributed by atoms with Crippen molar-refractivity contribution in [3.05, 3.63) is 22.4 Å². The molecule has 1 amide bonds. The summed E-state index contributed by atoms with van der Waals surface area (Å²) in [6.07, 6.45) is 6.85. The molecule has 0 radical (unpaired) electrons. The van der Waals surface area contributed by atoms with Crippen LogP contribution in [0.5, 0.6) is 0 Å². The van der Waals surface area contributed by atoms with Gasteiger partial charge in [-0.2, -0.15) is 5.10 Å². The van der Waals surface area contributed by atoms with Gasteiger partial charge in [-0.25, -0.2) is 0 Å². The topological polar surface area (TPSA) is 53.5 Å². The van der Waals surface area contributed by atoms with Gasteiger partial charge in [0.15, 0.2) is 0 Å². The zero-order valence-electron chi connectivity index (χ0n) is 10.9. The predicted molar refractivity (Wildman–Crippen MR) is 77.2 cm³/mol. The van der Waals surface area contributed by atoms with Crippen LogP contribution in [0.4, 0.5) is 0 Å². The fourth-order valence-corrected chi connectivity index (χ4v) is 3.56. The Labute approximate surface area is 117 Å². The Kier molecular flexibility index (Phi) is 3.55. The summed E-state index contributed by atoms with van der Waals surface area (Å²) in [6, 6.07) is 4.03. The minimum Gasteiger partial charge on any atom is -0.346 e. The SMILES string of the molecule is O=C(NCc1cccs1)C1=NNC2(CCCCC2)C1. The van der Waals surface area contributed by atoms with Crippen LogP contribution in [-0.2, 0) is 11.3 Å². The average molecular weight is 277 g/mol. The van der Waals surface area contributed by atoms with Crippen molar-refractivity contribution < 1.29 is 4.79 Å². The molecule has 1 fully saturated rings. The van der Waals surface area contributed by atoms with Crippen molar-refractivity contribution in [3.63, 3.8) is 0 Å². The van der Waals surface area contributed by atoms with E-state index in [9.17, 15) is 4.79 Å². The number of hydrogen-bond acceptors (Lipinski definition) is 4. The molecule has 0 aromatic carbocycles. The van der Waals surface area contributed by atoms with Gasteiger partial charge in [-0.05, 0) is 24.3 Å². The lowest BCUT2D eigenvalue weighted by atomic mass is 9.79. The van der Waals surface area contributed by atoms with Crippen LogP contribution in [0.25, 0.3) is 0 Å². The fourth-order valence-electron chi connectivity index (χ4n) is 2.92. The molecule has 2 heterocycles. The molecule has 1 aromatic heterocycles. The third-order valence-electron chi connectivity index (χ3n) is 4.01. The van der Waals surface area contributed by atoms with E-state index in [-0.39, 0.29) is 11.4 Å². The number of thiophene rings is 1. The molecule has 2 aliphatic rings. The molecule has 1 spiro atoms. The molecule has 2 N–H and O–H groups in total. The molecule has 1 aromatic rings. The van der Waals surface area contributed by atoms with E-state index in [1.54, 1.807) is 11.3 Å². The smallest absolute Gasteiger partial charge is 0.267 e. The second-order valence-corrected chi connectivity index (χ2v) is 6.48. The molecule has 3 rings (SSSR count). The van der Waals surface area contributed by atoms with Crippen LogP contribution < -0.4 is 10.7 Å². The number of carbonyl (C=O) groups excluding carboxylic acids is 1. The van der Waals surface area contributed by atoms with Gasteiger partial charge in [0.05, 0.1) is 12.1 Å². The number of rotatable bonds is 3. The normalized spacial score (nSPS) is 20.9. The first-order valence-electron chi connectivity index (χ1n) is 6.92. The third-order valence-corrected chi connectivity index (χ3v) is 4.89. The van der Waals surface area contributed by atoms with E-state index in [1.165, 1.54) is 24.1 Å². The first kappa shape index (κ1) is 12.7. The van der Waals surface area contributed by atoms with Crippen molar-refractivity contribution in [3.8, 4) is 0 Å². The second kappa shape index (κ2) is 5.33. The van der Waals surface area contributed by atoms with Gasteiger partial charge in [0.2, 0.25) is 0 Å². The van der Waals surface area contributed by atoms with Gasteiger partial charge in [0, 0.05) is 11.3 Å². The third kappa shape index (κ3) is 2.81. The molecule has 0 saturated heterocycles. The highest BCUT2D eigenvalue weighted by molar-refractivity contribution is 7.09. The van der Waals surface area contributed by atoms with Crippen molar-refractivity contribution >= 4 is 23.0 Å². The van der Waals surface area contributed by atoms with Crippen LogP contribution in [0.15, 0.2) is 22.6 Å². The van der Waals surface area contributed by atoms with Gasteiger partial charge in [-0.1, -0.05) is 25.3 Å². The summed E-state index contributed by atoms with van der Waals surface area (Å²) in [5.41, 5.74) is 3.97. The summed E-state index contributed by atoms with van der Waals surface area (Å²) in [4.78, 5) is 13.3. The molecular formula is C14H19N3OS. The highest BCUT2D eigenvalue weighted by atomic mass is 32.1. The average Bonchev–Trinajstić information content (AvgIpc) is 3.07. The second-order valence-electron chi connectivity index (χ2n) is 5.45. The van der Waals surface area contributed by atoms with Gasteiger partial charge >= 0.3 is 0 Å². The molecule has 1 aliphatic heterocycles. The minimum absolute atomic E-state index is 0.0247. The Bertz CT molecular complexity index is 475. The first-order valence-corrected chi connectivity index (χ1v) is 7.80. The quantitative estimate of drug-likeness (QED) is 0.891. The Morgan fingerprint density at radius 2 is 2.26 bits per heavy atom. The molecule has 102 valence electrons. The molecule has 0 unspecified atom stereocenters. The van der Waals surface area contributed by atoms with Gasteiger partial charge in [-0.15, -0.1) is 11.3 Å². The summed E-state index contributed by atoms with van der Waals surface area (Å²) in [5.74, 6) is -0.0247. The van der Waals surface area contributed by atoms with Gasteiger partial charge < -0.3 is 10.7 Å². The summed E-state index contributed by atoms with van der Waals surface area (Å²) in [6.45, 7) is 0.600. The van der Waals surface area contributed by atoms with Crippen LogP contribution in [0.1, 0.15) is 43.4 Å². The molecule has 0 atom stereocenters. The van der Waals surface area contributed by atoms with Crippen molar-refractivity contribution in [2.45, 2.75) is 50.6 Å². The Hall–Kier alpha value is -1.36. The van der Waals surface area contributed by atoms with Crippen LogP contribution in [0, 0.1) is 0 Å². The summed E-state index contributed by atoms with van der Waals surface area (Å²) < 4.78 is 0. The van der Waals surface area contributed by atoms with E-state index in [1.807, 2.05) is 17.5 Å². The van der Waals surface area contributed by atoms with Crippen LogP contribution in [-0.4, -0.2) is 17.2 Å². The lowest BCUT2D eigenvalue weighted by molar-refractivity contribution is -0.115.